The molecule has 2 aromatic rings. The highest BCUT2D eigenvalue weighted by Gasteiger charge is 2.36. The van der Waals surface area contributed by atoms with Gasteiger partial charge < -0.3 is 24.2 Å². The number of carbonyl (C=O) groups is 2. The van der Waals surface area contributed by atoms with E-state index in [1.165, 1.54) is 0 Å². The van der Waals surface area contributed by atoms with E-state index in [9.17, 15) is 9.59 Å². The van der Waals surface area contributed by atoms with Crippen LogP contribution in [0.15, 0.2) is 36.4 Å². The molecular formula is C30H35ClN4O4. The molecule has 0 radical (unpaired) electrons. The van der Waals surface area contributed by atoms with Gasteiger partial charge in [0.25, 0.3) is 5.91 Å². The Hall–Kier alpha value is -3.44. The molecular weight excluding hydrogens is 516 g/mol. The number of benzene rings is 2. The van der Waals surface area contributed by atoms with E-state index in [0.717, 1.165) is 55.6 Å². The molecule has 2 amide bonds. The maximum absolute atomic E-state index is 13.3. The van der Waals surface area contributed by atoms with Gasteiger partial charge in [-0.25, -0.2) is 4.79 Å². The fourth-order valence-electron chi connectivity index (χ4n) is 5.62. The van der Waals surface area contributed by atoms with E-state index in [1.54, 1.807) is 23.1 Å². The van der Waals surface area contributed by atoms with Crippen molar-refractivity contribution in [2.75, 3.05) is 31.1 Å². The summed E-state index contributed by atoms with van der Waals surface area (Å²) in [6, 6.07) is 13.5. The van der Waals surface area contributed by atoms with Crippen LogP contribution in [0.2, 0.25) is 5.02 Å². The Bertz CT molecular complexity index is 1280. The molecule has 0 atom stereocenters. The Morgan fingerprint density at radius 1 is 1.03 bits per heavy atom. The van der Waals surface area contributed by atoms with E-state index >= 15 is 0 Å². The number of halogens is 1. The van der Waals surface area contributed by atoms with Gasteiger partial charge in [0.2, 0.25) is 0 Å². The van der Waals surface area contributed by atoms with Crippen molar-refractivity contribution in [2.24, 2.45) is 0 Å². The Kier molecular flexibility index (Phi) is 7.64. The fourth-order valence-corrected chi connectivity index (χ4v) is 5.83. The molecule has 2 aliphatic heterocycles. The molecule has 2 fully saturated rings. The van der Waals surface area contributed by atoms with Crippen molar-refractivity contribution in [3.05, 3.63) is 58.1 Å². The zero-order chi connectivity index (χ0) is 27.7. The van der Waals surface area contributed by atoms with Crippen LogP contribution in [0, 0.1) is 11.3 Å². The van der Waals surface area contributed by atoms with Crippen LogP contribution in [-0.2, 0) is 11.3 Å². The molecule has 1 saturated heterocycles. The van der Waals surface area contributed by atoms with E-state index in [2.05, 4.69) is 17.0 Å². The number of hydrogen-bond donors (Lipinski definition) is 0. The molecule has 0 bridgehead atoms. The topological polar surface area (TPSA) is 86.1 Å². The summed E-state index contributed by atoms with van der Waals surface area (Å²) >= 11 is 6.15. The number of ether oxygens (including phenoxy) is 2. The smallest absolute Gasteiger partial charge is 0.410 e. The van der Waals surface area contributed by atoms with Crippen LogP contribution in [0.25, 0.3) is 0 Å². The first-order chi connectivity index (χ1) is 18.6. The number of carbonyl (C=O) groups excluding carboxylic acids is 2. The largest absolute Gasteiger partial charge is 0.490 e. The molecule has 0 aromatic heterocycles. The third-order valence-electron chi connectivity index (χ3n) is 7.67. The molecule has 2 aromatic carbocycles. The van der Waals surface area contributed by atoms with E-state index < -0.39 is 5.60 Å². The van der Waals surface area contributed by atoms with Gasteiger partial charge in [-0.05, 0) is 82.3 Å². The molecule has 0 spiro atoms. The second kappa shape index (κ2) is 11.0. The summed E-state index contributed by atoms with van der Waals surface area (Å²) in [6.07, 6.45) is 3.28. The number of fused-ring (bicyclic) bond motifs is 1. The van der Waals surface area contributed by atoms with E-state index in [0.29, 0.717) is 36.0 Å². The van der Waals surface area contributed by atoms with Crippen molar-refractivity contribution in [1.29, 1.82) is 5.26 Å². The number of piperazine rings is 1. The van der Waals surface area contributed by atoms with Crippen molar-refractivity contribution in [3.63, 3.8) is 0 Å². The highest BCUT2D eigenvalue weighted by atomic mass is 35.5. The van der Waals surface area contributed by atoms with Crippen molar-refractivity contribution < 1.29 is 19.1 Å². The number of amides is 2. The molecule has 8 nitrogen and oxygen atoms in total. The number of rotatable bonds is 4. The zero-order valence-corrected chi connectivity index (χ0v) is 23.5. The van der Waals surface area contributed by atoms with Gasteiger partial charge in [0.05, 0.1) is 16.7 Å². The minimum absolute atomic E-state index is 0.0660. The first-order valence-electron chi connectivity index (χ1n) is 13.6. The number of hydrogen-bond acceptors (Lipinski definition) is 6. The lowest BCUT2D eigenvalue weighted by Gasteiger charge is -2.36. The average Bonchev–Trinajstić information content (AvgIpc) is 3.24. The minimum Gasteiger partial charge on any atom is -0.490 e. The summed E-state index contributed by atoms with van der Waals surface area (Å²) in [5.74, 6) is 0.779. The van der Waals surface area contributed by atoms with Gasteiger partial charge in [0, 0.05) is 56.1 Å². The zero-order valence-electron chi connectivity index (χ0n) is 22.8. The summed E-state index contributed by atoms with van der Waals surface area (Å²) in [4.78, 5) is 31.7. The van der Waals surface area contributed by atoms with Crippen LogP contribution in [0.5, 0.6) is 5.75 Å². The van der Waals surface area contributed by atoms with Gasteiger partial charge in [0.1, 0.15) is 17.4 Å². The molecule has 0 N–H and O–H groups in total. The second-order valence-corrected chi connectivity index (χ2v) is 11.9. The molecule has 3 aliphatic rings. The molecule has 9 heteroatoms. The first-order valence-corrected chi connectivity index (χ1v) is 14.0. The van der Waals surface area contributed by atoms with Crippen molar-refractivity contribution in [1.82, 2.24) is 9.80 Å². The van der Waals surface area contributed by atoms with Gasteiger partial charge in [-0.1, -0.05) is 11.6 Å². The molecule has 2 heterocycles. The second-order valence-electron chi connectivity index (χ2n) is 11.5. The lowest BCUT2D eigenvalue weighted by molar-refractivity contribution is 0.0240. The van der Waals surface area contributed by atoms with Crippen LogP contribution >= 0.6 is 11.6 Å². The van der Waals surface area contributed by atoms with Crippen molar-refractivity contribution in [2.45, 2.75) is 70.7 Å². The molecule has 1 aliphatic carbocycles. The lowest BCUT2D eigenvalue weighted by atomic mass is 9.92. The molecule has 0 unspecified atom stereocenters. The normalized spacial score (nSPS) is 21.4. The monoisotopic (exact) mass is 550 g/mol. The van der Waals surface area contributed by atoms with Gasteiger partial charge >= 0.3 is 6.09 Å². The van der Waals surface area contributed by atoms with Crippen LogP contribution in [0.4, 0.5) is 10.5 Å². The Labute approximate surface area is 235 Å². The minimum atomic E-state index is -0.502. The van der Waals surface area contributed by atoms with Crippen molar-refractivity contribution >= 4 is 29.3 Å². The number of anilines is 1. The molecule has 5 rings (SSSR count). The van der Waals surface area contributed by atoms with E-state index in [4.69, 9.17) is 26.3 Å². The third kappa shape index (κ3) is 6.09. The lowest BCUT2D eigenvalue weighted by Crippen LogP contribution is -2.50. The standard InChI is InChI=1S/C30H35ClN4O4/c1-30(2,3)39-29(37)34-14-12-33(13-15-34)23-7-11-26-21(16-23)19-35(28(26)36)22-5-9-24(10-6-22)38-25-8-4-20(18-32)27(31)17-25/h4,7-8,11,16-17,22,24H,5-6,9-10,12-15,19H2,1-3H3/t22-,24-. The number of nitrogens with zero attached hydrogens (tertiary/aromatic N) is 4. The molecule has 206 valence electrons. The summed E-state index contributed by atoms with van der Waals surface area (Å²) in [7, 11) is 0. The maximum atomic E-state index is 13.3. The summed E-state index contributed by atoms with van der Waals surface area (Å²) < 4.78 is 11.6. The van der Waals surface area contributed by atoms with Gasteiger partial charge in [0.15, 0.2) is 0 Å². The SMILES string of the molecule is CC(C)(C)OC(=O)N1CCN(c2ccc3c(c2)CN([C@H]2CC[C@H](Oc4ccc(C#N)c(Cl)c4)CC2)C3=O)CC1. The Balaban J connectivity index is 1.15. The van der Waals surface area contributed by atoms with Crippen LogP contribution < -0.4 is 9.64 Å². The predicted molar refractivity (Wildman–Crippen MR) is 149 cm³/mol. The average molecular weight is 551 g/mol. The van der Waals surface area contributed by atoms with Gasteiger partial charge in [-0.2, -0.15) is 5.26 Å². The summed E-state index contributed by atoms with van der Waals surface area (Å²) in [5.41, 5.74) is 2.88. The third-order valence-corrected chi connectivity index (χ3v) is 7.98. The van der Waals surface area contributed by atoms with E-state index in [-0.39, 0.29) is 24.1 Å². The molecule has 39 heavy (non-hydrogen) atoms. The van der Waals surface area contributed by atoms with Crippen LogP contribution in [0.3, 0.4) is 0 Å². The quantitative estimate of drug-likeness (QED) is 0.491. The van der Waals surface area contributed by atoms with Gasteiger partial charge in [-0.15, -0.1) is 0 Å². The Morgan fingerprint density at radius 3 is 2.38 bits per heavy atom. The van der Waals surface area contributed by atoms with Gasteiger partial charge in [-0.3, -0.25) is 4.79 Å². The van der Waals surface area contributed by atoms with Crippen LogP contribution in [0.1, 0.15) is 67.9 Å². The number of nitriles is 1. The maximum Gasteiger partial charge on any atom is 0.410 e. The highest BCUT2D eigenvalue weighted by Crippen LogP contribution is 2.35. The fraction of sp³-hybridized carbons (Fsp3) is 0.500. The highest BCUT2D eigenvalue weighted by molar-refractivity contribution is 6.31. The molecule has 1 saturated carbocycles. The van der Waals surface area contributed by atoms with Crippen LogP contribution in [-0.4, -0.2) is 65.7 Å². The summed E-state index contributed by atoms with van der Waals surface area (Å²) in [5, 5.41) is 9.46. The van der Waals surface area contributed by atoms with E-state index in [1.807, 2.05) is 37.8 Å². The summed E-state index contributed by atoms with van der Waals surface area (Å²) in [6.45, 7) is 8.93. The van der Waals surface area contributed by atoms with Crippen molar-refractivity contribution in [3.8, 4) is 11.8 Å². The first kappa shape index (κ1) is 27.1. The predicted octanol–water partition coefficient (Wildman–Crippen LogP) is 5.61. The Morgan fingerprint density at radius 2 is 1.74 bits per heavy atom.